The molecule has 0 bridgehead atoms. The molecule has 2 nitrogen and oxygen atoms in total. The van der Waals surface area contributed by atoms with Crippen molar-refractivity contribution < 1.29 is 0 Å². The van der Waals surface area contributed by atoms with Gasteiger partial charge in [-0.3, -0.25) is 0 Å². The monoisotopic (exact) mass is 378 g/mol. The molecule has 1 N–H and O–H groups in total. The molecule has 1 atom stereocenters. The summed E-state index contributed by atoms with van der Waals surface area (Å²) in [6, 6.07) is 4.00. The zero-order valence-electron chi connectivity index (χ0n) is 12.1. The Balaban J connectivity index is 2.01. The van der Waals surface area contributed by atoms with Gasteiger partial charge in [0.25, 0.3) is 0 Å². The van der Waals surface area contributed by atoms with E-state index in [4.69, 9.17) is 23.2 Å². The summed E-state index contributed by atoms with van der Waals surface area (Å²) in [4.78, 5) is 2.33. The van der Waals surface area contributed by atoms with Crippen LogP contribution in [-0.2, 0) is 0 Å². The van der Waals surface area contributed by atoms with Gasteiger partial charge in [0, 0.05) is 29.6 Å². The Morgan fingerprint density at radius 1 is 1.30 bits per heavy atom. The van der Waals surface area contributed by atoms with E-state index in [1.165, 1.54) is 6.42 Å². The predicted octanol–water partition coefficient (Wildman–Crippen LogP) is 4.97. The lowest BCUT2D eigenvalue weighted by atomic mass is 10.1. The summed E-state index contributed by atoms with van der Waals surface area (Å²) in [5.74, 6) is 0.660. The van der Waals surface area contributed by atoms with Gasteiger partial charge < -0.3 is 10.2 Å². The molecule has 0 aromatic heterocycles. The highest BCUT2D eigenvalue weighted by Gasteiger charge is 2.26. The fourth-order valence-electron chi connectivity index (χ4n) is 2.43. The van der Waals surface area contributed by atoms with Crippen LogP contribution in [0.5, 0.6) is 0 Å². The third kappa shape index (κ3) is 4.03. The lowest BCUT2D eigenvalue weighted by molar-refractivity contribution is 0.383. The SMILES string of the molecule is CC(C)(C)NCC1CCN(c2ccc(Br)c(Cl)c2Cl)C1. The predicted molar refractivity (Wildman–Crippen MR) is 92.2 cm³/mol. The molecule has 2 rings (SSSR count). The second kappa shape index (κ2) is 6.43. The van der Waals surface area contributed by atoms with Gasteiger partial charge in [0.05, 0.1) is 15.7 Å². The van der Waals surface area contributed by atoms with Gasteiger partial charge >= 0.3 is 0 Å². The van der Waals surface area contributed by atoms with E-state index in [2.05, 4.69) is 46.9 Å². The van der Waals surface area contributed by atoms with Gasteiger partial charge in [0.2, 0.25) is 0 Å². The van der Waals surface area contributed by atoms with Crippen molar-refractivity contribution in [2.24, 2.45) is 5.92 Å². The van der Waals surface area contributed by atoms with E-state index < -0.39 is 0 Å². The Kier molecular flexibility index (Phi) is 5.28. The zero-order chi connectivity index (χ0) is 14.9. The molecule has 1 aromatic carbocycles. The minimum absolute atomic E-state index is 0.173. The van der Waals surface area contributed by atoms with E-state index in [1.807, 2.05) is 12.1 Å². The highest BCUT2D eigenvalue weighted by atomic mass is 79.9. The van der Waals surface area contributed by atoms with E-state index >= 15 is 0 Å². The highest BCUT2D eigenvalue weighted by molar-refractivity contribution is 9.10. The fourth-order valence-corrected chi connectivity index (χ4v) is 3.32. The number of nitrogens with one attached hydrogen (secondary N) is 1. The Hall–Kier alpha value is 0.0400. The summed E-state index contributed by atoms with van der Waals surface area (Å²) in [6.45, 7) is 9.71. The number of halogens is 3. The standard InChI is InChI=1S/C15H21BrCl2N2/c1-15(2,3)19-8-10-6-7-20(9-10)12-5-4-11(16)13(17)14(12)18/h4-5,10,19H,6-9H2,1-3H3. The van der Waals surface area contributed by atoms with Gasteiger partial charge in [0.15, 0.2) is 0 Å². The van der Waals surface area contributed by atoms with E-state index in [1.54, 1.807) is 0 Å². The van der Waals surface area contributed by atoms with Crippen LogP contribution in [0, 0.1) is 5.92 Å². The number of hydrogen-bond donors (Lipinski definition) is 1. The van der Waals surface area contributed by atoms with Gasteiger partial charge in [-0.25, -0.2) is 0 Å². The van der Waals surface area contributed by atoms with Gasteiger partial charge in [0.1, 0.15) is 0 Å². The largest absolute Gasteiger partial charge is 0.370 e. The molecule has 0 radical (unpaired) electrons. The quantitative estimate of drug-likeness (QED) is 0.745. The molecule has 0 amide bonds. The molecule has 1 aliphatic rings. The highest BCUT2D eigenvalue weighted by Crippen LogP contribution is 2.39. The normalized spacial score (nSPS) is 19.7. The van der Waals surface area contributed by atoms with Crippen LogP contribution in [0.1, 0.15) is 27.2 Å². The molecule has 1 aromatic rings. The molecule has 112 valence electrons. The number of benzene rings is 1. The van der Waals surface area contributed by atoms with E-state index in [0.717, 1.165) is 29.8 Å². The Morgan fingerprint density at radius 3 is 2.65 bits per heavy atom. The first-order valence-electron chi connectivity index (χ1n) is 6.91. The van der Waals surface area contributed by atoms with Crippen molar-refractivity contribution in [1.82, 2.24) is 5.32 Å². The van der Waals surface area contributed by atoms with Crippen LogP contribution < -0.4 is 10.2 Å². The number of rotatable bonds is 3. The molecule has 0 aliphatic carbocycles. The molecule has 1 saturated heterocycles. The summed E-state index contributed by atoms with van der Waals surface area (Å²) >= 11 is 16.0. The molecule has 0 saturated carbocycles. The van der Waals surface area contributed by atoms with Gasteiger partial charge in [-0.2, -0.15) is 0 Å². The first kappa shape index (κ1) is 16.4. The van der Waals surface area contributed by atoms with Gasteiger partial charge in [-0.05, 0) is 61.2 Å². The lowest BCUT2D eigenvalue weighted by Gasteiger charge is -2.24. The Labute approximate surface area is 139 Å². The van der Waals surface area contributed by atoms with E-state index in [0.29, 0.717) is 16.0 Å². The third-order valence-corrected chi connectivity index (χ3v) is 5.32. The molecular weight excluding hydrogens is 359 g/mol. The minimum Gasteiger partial charge on any atom is -0.370 e. The first-order chi connectivity index (χ1) is 9.28. The van der Waals surface area contributed by atoms with Crippen molar-refractivity contribution in [3.05, 3.63) is 26.7 Å². The molecule has 1 aliphatic heterocycles. The third-order valence-electron chi connectivity index (χ3n) is 3.56. The summed E-state index contributed by atoms with van der Waals surface area (Å²) in [5, 5.41) is 4.82. The van der Waals surface area contributed by atoms with E-state index in [-0.39, 0.29) is 5.54 Å². The minimum atomic E-state index is 0.173. The topological polar surface area (TPSA) is 15.3 Å². The number of anilines is 1. The van der Waals surface area contributed by atoms with Gasteiger partial charge in [-0.1, -0.05) is 23.2 Å². The maximum Gasteiger partial charge on any atom is 0.0837 e. The molecule has 1 fully saturated rings. The maximum atomic E-state index is 6.36. The summed E-state index contributed by atoms with van der Waals surface area (Å²) in [7, 11) is 0. The summed E-state index contributed by atoms with van der Waals surface area (Å²) in [6.07, 6.45) is 1.19. The van der Waals surface area contributed by atoms with Crippen LogP contribution in [0.25, 0.3) is 0 Å². The zero-order valence-corrected chi connectivity index (χ0v) is 15.2. The average Bonchev–Trinajstić information content (AvgIpc) is 2.81. The van der Waals surface area contributed by atoms with E-state index in [9.17, 15) is 0 Å². The summed E-state index contributed by atoms with van der Waals surface area (Å²) in [5.41, 5.74) is 1.21. The van der Waals surface area contributed by atoms with Crippen molar-refractivity contribution in [3.8, 4) is 0 Å². The molecule has 20 heavy (non-hydrogen) atoms. The lowest BCUT2D eigenvalue weighted by Crippen LogP contribution is -2.39. The summed E-state index contributed by atoms with van der Waals surface area (Å²) < 4.78 is 0.845. The Morgan fingerprint density at radius 2 is 2.00 bits per heavy atom. The number of nitrogens with zero attached hydrogens (tertiary/aromatic N) is 1. The number of hydrogen-bond acceptors (Lipinski definition) is 2. The molecule has 1 unspecified atom stereocenters. The van der Waals surface area contributed by atoms with Gasteiger partial charge in [-0.15, -0.1) is 0 Å². The van der Waals surface area contributed by atoms with Crippen molar-refractivity contribution in [3.63, 3.8) is 0 Å². The van der Waals surface area contributed by atoms with Crippen LogP contribution >= 0.6 is 39.1 Å². The van der Waals surface area contributed by atoms with Crippen LogP contribution in [0.3, 0.4) is 0 Å². The molecule has 1 heterocycles. The smallest absolute Gasteiger partial charge is 0.0837 e. The van der Waals surface area contributed by atoms with Crippen LogP contribution in [0.15, 0.2) is 16.6 Å². The molecular formula is C15H21BrCl2N2. The first-order valence-corrected chi connectivity index (χ1v) is 8.46. The Bertz CT molecular complexity index is 485. The maximum absolute atomic E-state index is 6.36. The van der Waals surface area contributed by atoms with Crippen LogP contribution in [0.4, 0.5) is 5.69 Å². The van der Waals surface area contributed by atoms with Crippen molar-refractivity contribution >= 4 is 44.8 Å². The van der Waals surface area contributed by atoms with Crippen molar-refractivity contribution in [1.29, 1.82) is 0 Å². The average molecular weight is 380 g/mol. The van der Waals surface area contributed by atoms with Crippen molar-refractivity contribution in [2.75, 3.05) is 24.5 Å². The second-order valence-corrected chi connectivity index (χ2v) is 8.04. The second-order valence-electron chi connectivity index (χ2n) is 6.43. The van der Waals surface area contributed by atoms with Crippen LogP contribution in [0.2, 0.25) is 10.0 Å². The fraction of sp³-hybridized carbons (Fsp3) is 0.600. The van der Waals surface area contributed by atoms with Crippen molar-refractivity contribution in [2.45, 2.75) is 32.7 Å². The molecule has 5 heteroatoms. The van der Waals surface area contributed by atoms with Crippen LogP contribution in [-0.4, -0.2) is 25.2 Å². The molecule has 0 spiro atoms.